The molecule has 0 unspecified atom stereocenters. The Morgan fingerprint density at radius 1 is 1.02 bits per heavy atom. The Labute approximate surface area is 242 Å². The number of imidazole rings is 2. The maximum atomic E-state index is 11.6. The SMILES string of the molecule is Cn1cnc2cc(COc3cccc(N4CCN(Cc5nc6ccc(C(=O)O)cc6n5C[C@@H]5CCO5)CC4)n3)ccc21. The van der Waals surface area contributed by atoms with Gasteiger partial charge in [0.25, 0.3) is 0 Å². The minimum atomic E-state index is -0.934. The first-order valence-electron chi connectivity index (χ1n) is 14.3. The molecule has 0 aliphatic carbocycles. The second-order valence-electron chi connectivity index (χ2n) is 11.0. The zero-order chi connectivity index (χ0) is 28.6. The Morgan fingerprint density at radius 3 is 2.67 bits per heavy atom. The number of hydrogen-bond acceptors (Lipinski definition) is 8. The highest BCUT2D eigenvalue weighted by molar-refractivity contribution is 5.92. The number of carbonyl (C=O) groups is 1. The maximum absolute atomic E-state index is 11.6. The molecule has 42 heavy (non-hydrogen) atoms. The summed E-state index contributed by atoms with van der Waals surface area (Å²) >= 11 is 0. The average molecular weight is 568 g/mol. The number of nitrogens with zero attached hydrogens (tertiary/aromatic N) is 7. The van der Waals surface area contributed by atoms with Crippen LogP contribution in [0.2, 0.25) is 0 Å². The Balaban J connectivity index is 0.999. The molecule has 11 heteroatoms. The molecule has 2 aromatic carbocycles. The molecule has 5 heterocycles. The lowest BCUT2D eigenvalue weighted by Crippen LogP contribution is -2.46. The topological polar surface area (TPSA) is 111 Å². The maximum Gasteiger partial charge on any atom is 0.335 e. The fraction of sp³-hybridized carbons (Fsp3) is 0.355. The van der Waals surface area contributed by atoms with E-state index in [4.69, 9.17) is 19.4 Å². The molecule has 11 nitrogen and oxygen atoms in total. The van der Waals surface area contributed by atoms with Crippen LogP contribution in [0.1, 0.15) is 28.2 Å². The van der Waals surface area contributed by atoms with Gasteiger partial charge < -0.3 is 28.6 Å². The summed E-state index contributed by atoms with van der Waals surface area (Å²) in [5, 5.41) is 9.51. The molecule has 216 valence electrons. The number of benzene rings is 2. The van der Waals surface area contributed by atoms with Crippen LogP contribution in [0.15, 0.2) is 60.9 Å². The van der Waals surface area contributed by atoms with E-state index in [9.17, 15) is 9.90 Å². The van der Waals surface area contributed by atoms with Gasteiger partial charge in [-0.3, -0.25) is 4.90 Å². The Morgan fingerprint density at radius 2 is 1.88 bits per heavy atom. The quantitative estimate of drug-likeness (QED) is 0.285. The van der Waals surface area contributed by atoms with Crippen LogP contribution in [0.5, 0.6) is 5.88 Å². The van der Waals surface area contributed by atoms with Crippen molar-refractivity contribution in [3.05, 3.63) is 77.9 Å². The minimum Gasteiger partial charge on any atom is -0.478 e. The normalized spacial score (nSPS) is 17.5. The van der Waals surface area contributed by atoms with Crippen LogP contribution in [-0.4, -0.2) is 79.0 Å². The molecule has 0 spiro atoms. The van der Waals surface area contributed by atoms with Gasteiger partial charge in [-0.15, -0.1) is 0 Å². The monoisotopic (exact) mass is 567 g/mol. The number of ether oxygens (including phenoxy) is 2. The lowest BCUT2D eigenvalue weighted by molar-refractivity contribution is -0.0592. The number of aromatic nitrogens is 5. The fourth-order valence-corrected chi connectivity index (χ4v) is 5.69. The van der Waals surface area contributed by atoms with E-state index in [1.165, 1.54) is 0 Å². The fourth-order valence-electron chi connectivity index (χ4n) is 5.69. The second-order valence-corrected chi connectivity index (χ2v) is 11.0. The number of pyridine rings is 1. The summed E-state index contributed by atoms with van der Waals surface area (Å²) in [6, 6.07) is 17.2. The van der Waals surface area contributed by atoms with Gasteiger partial charge in [0, 0.05) is 45.9 Å². The molecular formula is C31H33N7O4. The molecule has 0 saturated carbocycles. The lowest BCUT2D eigenvalue weighted by atomic mass is 10.1. The van der Waals surface area contributed by atoms with Crippen molar-refractivity contribution in [3.63, 3.8) is 0 Å². The van der Waals surface area contributed by atoms with E-state index in [1.54, 1.807) is 18.2 Å². The summed E-state index contributed by atoms with van der Waals surface area (Å²) in [5.41, 5.74) is 5.03. The van der Waals surface area contributed by atoms with Crippen LogP contribution in [-0.2, 0) is 31.5 Å². The highest BCUT2D eigenvalue weighted by Crippen LogP contribution is 2.25. The third kappa shape index (κ3) is 5.28. The molecular weight excluding hydrogens is 534 g/mol. The second kappa shape index (κ2) is 11.1. The molecule has 3 aromatic heterocycles. The van der Waals surface area contributed by atoms with Gasteiger partial charge in [0.2, 0.25) is 5.88 Å². The van der Waals surface area contributed by atoms with E-state index < -0.39 is 5.97 Å². The van der Waals surface area contributed by atoms with Crippen molar-refractivity contribution < 1.29 is 19.4 Å². The summed E-state index contributed by atoms with van der Waals surface area (Å²) in [6.07, 6.45) is 2.97. The van der Waals surface area contributed by atoms with Gasteiger partial charge in [-0.05, 0) is 48.4 Å². The number of hydrogen-bond donors (Lipinski definition) is 1. The van der Waals surface area contributed by atoms with E-state index >= 15 is 0 Å². The van der Waals surface area contributed by atoms with Crippen LogP contribution in [0, 0.1) is 0 Å². The van der Waals surface area contributed by atoms with Gasteiger partial charge in [0.05, 0.1) is 53.2 Å². The first kappa shape index (κ1) is 26.4. The van der Waals surface area contributed by atoms with E-state index in [-0.39, 0.29) is 11.7 Å². The van der Waals surface area contributed by atoms with E-state index in [2.05, 4.69) is 37.5 Å². The smallest absolute Gasteiger partial charge is 0.335 e. The first-order chi connectivity index (χ1) is 20.5. The summed E-state index contributed by atoms with van der Waals surface area (Å²) in [4.78, 5) is 30.4. The Hall–Kier alpha value is -4.48. The highest BCUT2D eigenvalue weighted by Gasteiger charge is 2.25. The summed E-state index contributed by atoms with van der Waals surface area (Å²) in [6.45, 7) is 5.97. The molecule has 1 atom stereocenters. The van der Waals surface area contributed by atoms with Crippen LogP contribution in [0.3, 0.4) is 0 Å². The number of aromatic carboxylic acids is 1. The summed E-state index contributed by atoms with van der Waals surface area (Å²) in [5.74, 6) is 1.51. The van der Waals surface area contributed by atoms with Gasteiger partial charge in [0.1, 0.15) is 18.2 Å². The van der Waals surface area contributed by atoms with Crippen molar-refractivity contribution >= 4 is 33.9 Å². The predicted molar refractivity (Wildman–Crippen MR) is 158 cm³/mol. The Bertz CT molecular complexity index is 1750. The molecule has 0 radical (unpaired) electrons. The number of anilines is 1. The van der Waals surface area contributed by atoms with Crippen LogP contribution in [0.4, 0.5) is 5.82 Å². The zero-order valence-corrected chi connectivity index (χ0v) is 23.5. The van der Waals surface area contributed by atoms with Gasteiger partial charge in [-0.1, -0.05) is 12.1 Å². The lowest BCUT2D eigenvalue weighted by Gasteiger charge is -2.35. The number of aryl methyl sites for hydroxylation is 1. The zero-order valence-electron chi connectivity index (χ0n) is 23.5. The highest BCUT2D eigenvalue weighted by atomic mass is 16.5. The number of carboxylic acid groups (broad SMARTS) is 1. The van der Waals surface area contributed by atoms with Crippen molar-refractivity contribution in [2.24, 2.45) is 7.05 Å². The van der Waals surface area contributed by atoms with E-state index in [0.717, 1.165) is 78.5 Å². The van der Waals surface area contributed by atoms with E-state index in [1.807, 2.05) is 36.1 Å². The summed E-state index contributed by atoms with van der Waals surface area (Å²) < 4.78 is 15.9. The van der Waals surface area contributed by atoms with Gasteiger partial charge in [-0.25, -0.2) is 14.8 Å². The van der Waals surface area contributed by atoms with Crippen molar-refractivity contribution in [1.82, 2.24) is 29.0 Å². The third-order valence-electron chi connectivity index (χ3n) is 8.20. The van der Waals surface area contributed by atoms with Gasteiger partial charge in [-0.2, -0.15) is 4.98 Å². The van der Waals surface area contributed by atoms with Crippen LogP contribution >= 0.6 is 0 Å². The molecule has 0 amide bonds. The van der Waals surface area contributed by atoms with Crippen molar-refractivity contribution in [1.29, 1.82) is 0 Å². The van der Waals surface area contributed by atoms with Crippen molar-refractivity contribution in [2.75, 3.05) is 37.7 Å². The number of rotatable bonds is 9. The molecule has 2 aliphatic rings. The van der Waals surface area contributed by atoms with Crippen LogP contribution < -0.4 is 9.64 Å². The molecule has 1 N–H and O–H groups in total. The number of fused-ring (bicyclic) bond motifs is 2. The number of carboxylic acids is 1. The largest absolute Gasteiger partial charge is 0.478 e. The average Bonchev–Trinajstić information content (AvgIpc) is 3.52. The van der Waals surface area contributed by atoms with Gasteiger partial charge in [0.15, 0.2) is 0 Å². The molecule has 7 rings (SSSR count). The summed E-state index contributed by atoms with van der Waals surface area (Å²) in [7, 11) is 1.99. The van der Waals surface area contributed by atoms with E-state index in [0.29, 0.717) is 25.6 Å². The van der Waals surface area contributed by atoms with Crippen LogP contribution in [0.25, 0.3) is 22.1 Å². The molecule has 2 fully saturated rings. The molecule has 2 aliphatic heterocycles. The van der Waals surface area contributed by atoms with Gasteiger partial charge >= 0.3 is 5.97 Å². The molecule has 2 saturated heterocycles. The Kier molecular flexibility index (Phi) is 6.96. The van der Waals surface area contributed by atoms with Crippen molar-refractivity contribution in [2.45, 2.75) is 32.2 Å². The number of piperazine rings is 1. The first-order valence-corrected chi connectivity index (χ1v) is 14.3. The predicted octanol–water partition coefficient (Wildman–Crippen LogP) is 3.71. The molecule has 5 aromatic rings. The van der Waals surface area contributed by atoms with Crippen molar-refractivity contribution in [3.8, 4) is 5.88 Å². The molecule has 0 bridgehead atoms. The minimum absolute atomic E-state index is 0.143. The standard InChI is InChI=1S/C31H33N7O4/c1-35-20-32-25-15-21(5-8-26(25)35)19-42-30-4-2-3-28(34-30)37-12-10-36(11-13-37)18-29-33-24-7-6-22(31(39)40)16-27(24)38(29)17-23-9-14-41-23/h2-8,15-16,20,23H,9-14,17-19H2,1H3,(H,39,40)/t23-/m0/s1. The third-order valence-corrected chi connectivity index (χ3v) is 8.20.